The lowest BCUT2D eigenvalue weighted by molar-refractivity contribution is -0.139. The second-order valence-corrected chi connectivity index (χ2v) is 7.99. The molecule has 0 spiro atoms. The molecule has 6 nitrogen and oxygen atoms in total. The Bertz CT molecular complexity index is 791. The van der Waals surface area contributed by atoms with Gasteiger partial charge in [0.15, 0.2) is 0 Å². The van der Waals surface area contributed by atoms with Crippen molar-refractivity contribution in [3.05, 3.63) is 50.6 Å². The Labute approximate surface area is 164 Å². The normalized spacial score (nSPS) is 10.2. The predicted molar refractivity (Wildman–Crippen MR) is 104 cm³/mol. The maximum atomic E-state index is 12.1. The highest BCUT2D eigenvalue weighted by atomic mass is 79.9. The van der Waals surface area contributed by atoms with E-state index in [0.717, 1.165) is 16.6 Å². The average molecular weight is 439 g/mol. The van der Waals surface area contributed by atoms with Gasteiger partial charge in [0.1, 0.15) is 6.54 Å². The summed E-state index contributed by atoms with van der Waals surface area (Å²) >= 11 is 5.08. The van der Waals surface area contributed by atoms with E-state index in [1.54, 1.807) is 35.6 Å². The molecule has 2 rings (SSSR count). The first-order chi connectivity index (χ1) is 12.5. The van der Waals surface area contributed by atoms with Crippen LogP contribution in [0, 0.1) is 0 Å². The largest absolute Gasteiger partial charge is 0.468 e. The quantitative estimate of drug-likeness (QED) is 0.618. The maximum Gasteiger partial charge on any atom is 0.325 e. The second kappa shape index (κ2) is 10.1. The molecule has 2 N–H and O–H groups in total. The standard InChI is InChI=1S/C18H19BrN2O4S/c1-25-17(23)11-20-18(24)12-4-2-5-13(10-12)21-16(22)7-3-6-14-8-9-15(19)26-14/h2,4-5,8-10H,3,6-7,11H2,1H3,(H,20,24)(H,21,22). The van der Waals surface area contributed by atoms with Crippen molar-refractivity contribution < 1.29 is 19.1 Å². The van der Waals surface area contributed by atoms with E-state index in [1.807, 2.05) is 12.1 Å². The first-order valence-corrected chi connectivity index (χ1v) is 9.58. The number of aryl methyl sites for hydroxylation is 1. The molecule has 2 amide bonds. The first-order valence-electron chi connectivity index (χ1n) is 7.97. The van der Waals surface area contributed by atoms with Gasteiger partial charge < -0.3 is 15.4 Å². The molecule has 1 aromatic heterocycles. The highest BCUT2D eigenvalue weighted by Gasteiger charge is 2.10. The van der Waals surface area contributed by atoms with E-state index in [4.69, 9.17) is 0 Å². The van der Waals surface area contributed by atoms with Gasteiger partial charge in [-0.2, -0.15) is 0 Å². The van der Waals surface area contributed by atoms with Gasteiger partial charge in [-0.1, -0.05) is 6.07 Å². The van der Waals surface area contributed by atoms with Crippen LogP contribution in [0.4, 0.5) is 5.69 Å². The van der Waals surface area contributed by atoms with Crippen molar-refractivity contribution in [1.82, 2.24) is 5.32 Å². The van der Waals surface area contributed by atoms with Gasteiger partial charge in [-0.05, 0) is 59.1 Å². The van der Waals surface area contributed by atoms with Gasteiger partial charge in [0, 0.05) is 22.5 Å². The molecular weight excluding hydrogens is 420 g/mol. The number of carbonyl (C=O) groups is 3. The third-order valence-electron chi connectivity index (χ3n) is 3.49. The first kappa shape index (κ1) is 20.1. The summed E-state index contributed by atoms with van der Waals surface area (Å²) in [7, 11) is 1.25. The number of hydrogen-bond donors (Lipinski definition) is 2. The van der Waals surface area contributed by atoms with E-state index >= 15 is 0 Å². The van der Waals surface area contributed by atoms with Crippen LogP contribution in [0.25, 0.3) is 0 Å². The highest BCUT2D eigenvalue weighted by molar-refractivity contribution is 9.11. The molecule has 8 heteroatoms. The molecule has 0 aliphatic heterocycles. The van der Waals surface area contributed by atoms with Gasteiger partial charge >= 0.3 is 5.97 Å². The molecule has 0 atom stereocenters. The number of esters is 1. The van der Waals surface area contributed by atoms with Gasteiger partial charge in [-0.3, -0.25) is 14.4 Å². The number of amides is 2. The summed E-state index contributed by atoms with van der Waals surface area (Å²) in [6, 6.07) is 10.6. The van der Waals surface area contributed by atoms with E-state index < -0.39 is 11.9 Å². The SMILES string of the molecule is COC(=O)CNC(=O)c1cccc(NC(=O)CCCc2ccc(Br)s2)c1. The fourth-order valence-corrected chi connectivity index (χ4v) is 3.72. The van der Waals surface area contributed by atoms with Gasteiger partial charge in [-0.15, -0.1) is 11.3 Å². The number of carbonyl (C=O) groups excluding carboxylic acids is 3. The highest BCUT2D eigenvalue weighted by Crippen LogP contribution is 2.23. The van der Waals surface area contributed by atoms with Crippen LogP contribution >= 0.6 is 27.3 Å². The van der Waals surface area contributed by atoms with Crippen molar-refractivity contribution in [2.45, 2.75) is 19.3 Å². The van der Waals surface area contributed by atoms with Crippen LogP contribution in [0.2, 0.25) is 0 Å². The van der Waals surface area contributed by atoms with E-state index in [9.17, 15) is 14.4 Å². The number of methoxy groups -OCH3 is 1. The van der Waals surface area contributed by atoms with Crippen LogP contribution in [0.1, 0.15) is 28.1 Å². The lowest BCUT2D eigenvalue weighted by atomic mass is 10.1. The van der Waals surface area contributed by atoms with Crippen LogP contribution in [0.5, 0.6) is 0 Å². The van der Waals surface area contributed by atoms with Crippen molar-refractivity contribution in [3.8, 4) is 0 Å². The molecule has 0 radical (unpaired) electrons. The molecule has 0 unspecified atom stereocenters. The van der Waals surface area contributed by atoms with Crippen LogP contribution in [-0.4, -0.2) is 31.4 Å². The molecule has 0 aliphatic rings. The van der Waals surface area contributed by atoms with E-state index in [2.05, 4.69) is 31.3 Å². The Morgan fingerprint density at radius 2 is 2.00 bits per heavy atom. The van der Waals surface area contributed by atoms with Crippen LogP contribution < -0.4 is 10.6 Å². The number of ether oxygens (including phenoxy) is 1. The number of hydrogen-bond acceptors (Lipinski definition) is 5. The van der Waals surface area contributed by atoms with Gasteiger partial charge in [0.2, 0.25) is 5.91 Å². The number of nitrogens with one attached hydrogen (secondary N) is 2. The number of halogens is 1. The Kier molecular flexibility index (Phi) is 7.80. The van der Waals surface area contributed by atoms with Crippen molar-refractivity contribution in [2.24, 2.45) is 0 Å². The van der Waals surface area contributed by atoms with Crippen LogP contribution in [0.3, 0.4) is 0 Å². The molecular formula is C18H19BrN2O4S. The smallest absolute Gasteiger partial charge is 0.325 e. The topological polar surface area (TPSA) is 84.5 Å². The monoisotopic (exact) mass is 438 g/mol. The van der Waals surface area contributed by atoms with Crippen molar-refractivity contribution in [2.75, 3.05) is 19.0 Å². The lowest BCUT2D eigenvalue weighted by Gasteiger charge is -2.08. The molecule has 0 aliphatic carbocycles. The van der Waals surface area contributed by atoms with E-state index in [1.165, 1.54) is 12.0 Å². The number of benzene rings is 1. The zero-order chi connectivity index (χ0) is 18.9. The fraction of sp³-hybridized carbons (Fsp3) is 0.278. The minimum Gasteiger partial charge on any atom is -0.468 e. The fourth-order valence-electron chi connectivity index (χ4n) is 2.20. The minimum absolute atomic E-state index is 0.104. The van der Waals surface area contributed by atoms with Crippen molar-refractivity contribution >= 4 is 50.7 Å². The zero-order valence-electron chi connectivity index (χ0n) is 14.2. The second-order valence-electron chi connectivity index (χ2n) is 5.45. The molecule has 0 bridgehead atoms. The summed E-state index contributed by atoms with van der Waals surface area (Å²) in [4.78, 5) is 36.4. The van der Waals surface area contributed by atoms with Gasteiger partial charge in [-0.25, -0.2) is 0 Å². The molecule has 1 heterocycles. The third kappa shape index (κ3) is 6.61. The Balaban J connectivity index is 1.82. The number of anilines is 1. The predicted octanol–water partition coefficient (Wildman–Crippen LogP) is 3.37. The van der Waals surface area contributed by atoms with E-state index in [0.29, 0.717) is 17.7 Å². The molecule has 0 fully saturated rings. The molecule has 26 heavy (non-hydrogen) atoms. The number of thiophene rings is 1. The number of rotatable bonds is 8. The summed E-state index contributed by atoms with van der Waals surface area (Å²) in [5.74, 6) is -1.04. The van der Waals surface area contributed by atoms with Crippen LogP contribution in [-0.2, 0) is 20.7 Å². The Hall–Kier alpha value is -2.19. The Morgan fingerprint density at radius 3 is 2.69 bits per heavy atom. The minimum atomic E-state index is -0.527. The third-order valence-corrected chi connectivity index (χ3v) is 5.17. The maximum absolute atomic E-state index is 12.1. The molecule has 0 saturated carbocycles. The van der Waals surface area contributed by atoms with Gasteiger partial charge in [0.05, 0.1) is 10.9 Å². The molecule has 1 aromatic carbocycles. The van der Waals surface area contributed by atoms with Crippen LogP contribution in [0.15, 0.2) is 40.2 Å². The summed E-state index contributed by atoms with van der Waals surface area (Å²) in [6.45, 7) is -0.204. The molecule has 2 aromatic rings. The van der Waals surface area contributed by atoms with Crippen molar-refractivity contribution in [1.29, 1.82) is 0 Å². The van der Waals surface area contributed by atoms with Crippen molar-refractivity contribution in [3.63, 3.8) is 0 Å². The summed E-state index contributed by atoms with van der Waals surface area (Å²) in [5.41, 5.74) is 0.898. The molecule has 0 saturated heterocycles. The lowest BCUT2D eigenvalue weighted by Crippen LogP contribution is -2.30. The summed E-state index contributed by atoms with van der Waals surface area (Å²) < 4.78 is 5.55. The average Bonchev–Trinajstić information content (AvgIpc) is 3.04. The Morgan fingerprint density at radius 1 is 1.19 bits per heavy atom. The van der Waals surface area contributed by atoms with Gasteiger partial charge in [0.25, 0.3) is 5.91 Å². The molecule has 138 valence electrons. The summed E-state index contributed by atoms with van der Waals surface area (Å²) in [6.07, 6.45) is 1.99. The summed E-state index contributed by atoms with van der Waals surface area (Å²) in [5, 5.41) is 5.24. The van der Waals surface area contributed by atoms with E-state index in [-0.39, 0.29) is 12.5 Å². The zero-order valence-corrected chi connectivity index (χ0v) is 16.6.